The highest BCUT2D eigenvalue weighted by atomic mass is 32.2. The van der Waals surface area contributed by atoms with Crippen LogP contribution in [-0.4, -0.2) is 35.5 Å². The van der Waals surface area contributed by atoms with Gasteiger partial charge >= 0.3 is 0 Å². The maximum Gasteiger partial charge on any atom is 0.258 e. The molecule has 2 N–H and O–H groups in total. The van der Waals surface area contributed by atoms with Crippen molar-refractivity contribution in [3.8, 4) is 5.75 Å². The molecule has 124 valence electrons. The number of fused-ring (bicyclic) bond motifs is 1. The van der Waals surface area contributed by atoms with E-state index in [4.69, 9.17) is 4.74 Å². The lowest BCUT2D eigenvalue weighted by Crippen LogP contribution is -2.38. The number of benzene rings is 1. The third-order valence-corrected chi connectivity index (χ3v) is 4.06. The molecule has 8 nitrogen and oxygen atoms in total. The van der Waals surface area contributed by atoms with Crippen molar-refractivity contribution >= 4 is 34.4 Å². The highest BCUT2D eigenvalue weighted by molar-refractivity contribution is 8.14. The van der Waals surface area contributed by atoms with Crippen molar-refractivity contribution in [3.05, 3.63) is 36.0 Å². The van der Waals surface area contributed by atoms with Crippen LogP contribution in [0.4, 0.5) is 5.69 Å². The van der Waals surface area contributed by atoms with Gasteiger partial charge in [-0.2, -0.15) is 10.2 Å². The molecule has 2 amide bonds. The summed E-state index contributed by atoms with van der Waals surface area (Å²) in [5.41, 5.74) is 1.02. The molecule has 0 aliphatic carbocycles. The second kappa shape index (κ2) is 7.26. The first kappa shape index (κ1) is 16.2. The fourth-order valence-corrected chi connectivity index (χ4v) is 2.80. The molecular weight excluding hydrogens is 330 g/mol. The monoisotopic (exact) mass is 345 g/mol. The average Bonchev–Trinajstić information content (AvgIpc) is 3.04. The van der Waals surface area contributed by atoms with Crippen LogP contribution in [0.2, 0.25) is 0 Å². The van der Waals surface area contributed by atoms with Gasteiger partial charge in [0.1, 0.15) is 5.75 Å². The Labute approximate surface area is 142 Å². The molecule has 0 aromatic heterocycles. The number of hydrogen-bond donors (Lipinski definition) is 2. The fraction of sp³-hybridized carbons (Fsp3) is 0.267. The molecule has 0 radical (unpaired) electrons. The number of amidine groups is 1. The van der Waals surface area contributed by atoms with E-state index in [9.17, 15) is 9.59 Å². The minimum Gasteiger partial charge on any atom is -0.492 e. The van der Waals surface area contributed by atoms with E-state index in [0.717, 1.165) is 11.8 Å². The molecule has 0 spiro atoms. The maximum absolute atomic E-state index is 12.1. The van der Waals surface area contributed by atoms with Gasteiger partial charge in [0.2, 0.25) is 5.91 Å². The second-order valence-corrected chi connectivity index (χ2v) is 5.81. The Morgan fingerprint density at radius 1 is 1.42 bits per heavy atom. The summed E-state index contributed by atoms with van der Waals surface area (Å²) in [6, 6.07) is 7.21. The van der Waals surface area contributed by atoms with Crippen LogP contribution in [0.1, 0.15) is 6.92 Å². The zero-order chi connectivity index (χ0) is 16.9. The summed E-state index contributed by atoms with van der Waals surface area (Å²) in [6.45, 7) is 2.39. The van der Waals surface area contributed by atoms with Gasteiger partial charge in [0.05, 0.1) is 29.8 Å². The standard InChI is InChI=1S/C15H15N5O3S/c1-2-23-11-6-4-3-5-10(11)17-12(21)8-24-15-18-13-9(7-16-20-13)14(22)19-15/h3-7,13H,2,8H2,1H3,(H,17,21)(H,18,19,22). The number of rotatable bonds is 5. The van der Waals surface area contributed by atoms with E-state index in [0.29, 0.717) is 28.8 Å². The summed E-state index contributed by atoms with van der Waals surface area (Å²) < 4.78 is 5.46. The summed E-state index contributed by atoms with van der Waals surface area (Å²) in [5.74, 6) is 0.202. The number of hydrogen-bond acceptors (Lipinski definition) is 7. The zero-order valence-corrected chi connectivity index (χ0v) is 13.7. The Balaban J connectivity index is 1.58. The highest BCUT2D eigenvalue weighted by Crippen LogP contribution is 2.25. The van der Waals surface area contributed by atoms with Crippen molar-refractivity contribution in [1.82, 2.24) is 5.32 Å². The largest absolute Gasteiger partial charge is 0.492 e. The van der Waals surface area contributed by atoms with Crippen LogP contribution >= 0.6 is 11.8 Å². The normalized spacial score (nSPS) is 18.4. The Morgan fingerprint density at radius 2 is 2.25 bits per heavy atom. The van der Waals surface area contributed by atoms with Gasteiger partial charge in [-0.3, -0.25) is 9.59 Å². The SMILES string of the molecule is CCOc1ccccc1NC(=O)CSC1=NC2N=NC=C2C(=O)N1. The number of carbonyl (C=O) groups excluding carboxylic acids is 2. The van der Waals surface area contributed by atoms with E-state index < -0.39 is 6.17 Å². The van der Waals surface area contributed by atoms with Gasteiger partial charge in [-0.05, 0) is 19.1 Å². The van der Waals surface area contributed by atoms with Crippen LogP contribution in [0.25, 0.3) is 0 Å². The average molecular weight is 345 g/mol. The summed E-state index contributed by atoms with van der Waals surface area (Å²) >= 11 is 1.13. The van der Waals surface area contributed by atoms with Crippen LogP contribution in [0.5, 0.6) is 5.75 Å². The maximum atomic E-state index is 12.1. The third kappa shape index (κ3) is 3.62. The van der Waals surface area contributed by atoms with E-state index in [1.165, 1.54) is 6.20 Å². The molecular formula is C15H15N5O3S. The number of para-hydroxylation sites is 2. The van der Waals surface area contributed by atoms with Crippen LogP contribution < -0.4 is 15.4 Å². The van der Waals surface area contributed by atoms with E-state index in [-0.39, 0.29) is 17.6 Å². The number of nitrogens with zero attached hydrogens (tertiary/aromatic N) is 3. The molecule has 2 aliphatic heterocycles. The third-order valence-electron chi connectivity index (χ3n) is 3.17. The molecule has 9 heteroatoms. The number of anilines is 1. The van der Waals surface area contributed by atoms with Gasteiger partial charge in [0, 0.05) is 0 Å². The predicted molar refractivity (Wildman–Crippen MR) is 91.0 cm³/mol. The molecule has 0 bridgehead atoms. The first-order valence-electron chi connectivity index (χ1n) is 7.31. The molecule has 3 rings (SSSR count). The molecule has 2 heterocycles. The molecule has 1 unspecified atom stereocenters. The molecule has 0 saturated carbocycles. The van der Waals surface area contributed by atoms with Gasteiger partial charge in [0.25, 0.3) is 5.91 Å². The fourth-order valence-electron chi connectivity index (χ4n) is 2.12. The Hall–Kier alpha value is -2.68. The van der Waals surface area contributed by atoms with E-state index in [2.05, 4.69) is 25.9 Å². The Kier molecular flexibility index (Phi) is 4.90. The minimum absolute atomic E-state index is 0.0997. The first-order chi connectivity index (χ1) is 11.7. The minimum atomic E-state index is -0.594. The van der Waals surface area contributed by atoms with Gasteiger partial charge < -0.3 is 15.4 Å². The predicted octanol–water partition coefficient (Wildman–Crippen LogP) is 1.92. The molecule has 1 atom stereocenters. The van der Waals surface area contributed by atoms with Gasteiger partial charge in [-0.25, -0.2) is 4.99 Å². The van der Waals surface area contributed by atoms with E-state index in [1.807, 2.05) is 19.1 Å². The van der Waals surface area contributed by atoms with Crippen molar-refractivity contribution in [1.29, 1.82) is 0 Å². The van der Waals surface area contributed by atoms with Crippen LogP contribution in [-0.2, 0) is 9.59 Å². The van der Waals surface area contributed by atoms with Gasteiger partial charge in [-0.1, -0.05) is 23.9 Å². The number of aliphatic imine (C=N–C) groups is 1. The lowest BCUT2D eigenvalue weighted by Gasteiger charge is -2.17. The Bertz CT molecular complexity index is 759. The van der Waals surface area contributed by atoms with Crippen molar-refractivity contribution in [2.75, 3.05) is 17.7 Å². The zero-order valence-electron chi connectivity index (χ0n) is 12.9. The number of carbonyl (C=O) groups is 2. The molecule has 2 aliphatic rings. The topological polar surface area (TPSA) is 105 Å². The second-order valence-electron chi connectivity index (χ2n) is 4.84. The molecule has 1 aromatic rings. The molecule has 0 fully saturated rings. The van der Waals surface area contributed by atoms with Crippen molar-refractivity contribution in [2.45, 2.75) is 13.1 Å². The van der Waals surface area contributed by atoms with Crippen molar-refractivity contribution < 1.29 is 14.3 Å². The summed E-state index contributed by atoms with van der Waals surface area (Å²) in [5, 5.41) is 13.3. The summed E-state index contributed by atoms with van der Waals surface area (Å²) in [6.07, 6.45) is 0.797. The van der Waals surface area contributed by atoms with Gasteiger partial charge in [-0.15, -0.1) is 0 Å². The first-order valence-corrected chi connectivity index (χ1v) is 8.29. The lowest BCUT2D eigenvalue weighted by atomic mass is 10.2. The molecule has 24 heavy (non-hydrogen) atoms. The quantitative estimate of drug-likeness (QED) is 0.850. The van der Waals surface area contributed by atoms with Crippen LogP contribution in [0.3, 0.4) is 0 Å². The van der Waals surface area contributed by atoms with Crippen molar-refractivity contribution in [2.24, 2.45) is 15.2 Å². The van der Waals surface area contributed by atoms with E-state index in [1.54, 1.807) is 12.1 Å². The number of thioether (sulfide) groups is 1. The highest BCUT2D eigenvalue weighted by Gasteiger charge is 2.29. The summed E-state index contributed by atoms with van der Waals surface area (Å²) in [4.78, 5) is 28.2. The van der Waals surface area contributed by atoms with Crippen LogP contribution in [0.15, 0.2) is 51.3 Å². The molecule has 0 saturated heterocycles. The number of ether oxygens (including phenoxy) is 1. The lowest BCUT2D eigenvalue weighted by molar-refractivity contribution is -0.116. The smallest absolute Gasteiger partial charge is 0.258 e. The van der Waals surface area contributed by atoms with E-state index >= 15 is 0 Å². The molecule has 1 aromatic carbocycles. The number of nitrogens with one attached hydrogen (secondary N) is 2. The number of amides is 2. The number of azo groups is 1. The van der Waals surface area contributed by atoms with Crippen LogP contribution in [0, 0.1) is 0 Å². The van der Waals surface area contributed by atoms with Crippen molar-refractivity contribution in [3.63, 3.8) is 0 Å². The summed E-state index contributed by atoms with van der Waals surface area (Å²) in [7, 11) is 0. The van der Waals surface area contributed by atoms with Gasteiger partial charge in [0.15, 0.2) is 11.3 Å². The Morgan fingerprint density at radius 3 is 3.08 bits per heavy atom.